The molecule has 0 saturated heterocycles. The lowest BCUT2D eigenvalue weighted by molar-refractivity contribution is -0.139. The van der Waals surface area contributed by atoms with E-state index in [4.69, 9.17) is 32.7 Å². The highest BCUT2D eigenvalue weighted by Crippen LogP contribution is 2.23. The van der Waals surface area contributed by atoms with Gasteiger partial charge in [0.25, 0.3) is 5.91 Å². The first-order valence-corrected chi connectivity index (χ1v) is 9.39. The first-order valence-electron chi connectivity index (χ1n) is 8.63. The van der Waals surface area contributed by atoms with Crippen LogP contribution in [0.5, 0.6) is 5.75 Å². The molecule has 9 heteroatoms. The molecular weight excluding hydrogens is 419 g/mol. The van der Waals surface area contributed by atoms with Gasteiger partial charge in [0.1, 0.15) is 18.4 Å². The van der Waals surface area contributed by atoms with Gasteiger partial charge in [0.2, 0.25) is 0 Å². The largest absolute Gasteiger partial charge is 0.491 e. The third-order valence-electron chi connectivity index (χ3n) is 3.80. The second-order valence-electron chi connectivity index (χ2n) is 5.89. The number of benzene rings is 1. The number of carbonyl (C=O) groups excluding carboxylic acids is 1. The lowest BCUT2D eigenvalue weighted by Crippen LogP contribution is -2.40. The summed E-state index contributed by atoms with van der Waals surface area (Å²) < 4.78 is 10.4. The summed E-state index contributed by atoms with van der Waals surface area (Å²) in [6.45, 7) is 0.955. The second-order valence-corrected chi connectivity index (χ2v) is 6.71. The quantitative estimate of drug-likeness (QED) is 0.548. The minimum absolute atomic E-state index is 0.0115. The van der Waals surface area contributed by atoms with Gasteiger partial charge in [-0.1, -0.05) is 47.5 Å². The van der Waals surface area contributed by atoms with E-state index < -0.39 is 17.9 Å². The third-order valence-corrected chi connectivity index (χ3v) is 4.38. The van der Waals surface area contributed by atoms with E-state index in [9.17, 15) is 14.7 Å². The molecule has 0 radical (unpaired) electrons. The average Bonchev–Trinajstić information content (AvgIpc) is 2.68. The van der Waals surface area contributed by atoms with Crippen molar-refractivity contribution in [3.63, 3.8) is 0 Å². The Morgan fingerprint density at radius 2 is 1.83 bits per heavy atom. The Balaban J connectivity index is 1.97. The summed E-state index contributed by atoms with van der Waals surface area (Å²) in [5.74, 6) is -1.15. The number of carboxylic acid groups (broad SMARTS) is 1. The molecule has 1 heterocycles. The fraction of sp³-hybridized carbons (Fsp3) is 0.250. The molecule has 1 unspecified atom stereocenters. The van der Waals surface area contributed by atoms with Gasteiger partial charge in [-0.2, -0.15) is 0 Å². The van der Waals surface area contributed by atoms with Crippen molar-refractivity contribution in [2.24, 2.45) is 0 Å². The highest BCUT2D eigenvalue weighted by molar-refractivity contribution is 6.39. The van der Waals surface area contributed by atoms with Crippen LogP contribution in [0.3, 0.4) is 0 Å². The zero-order valence-electron chi connectivity index (χ0n) is 15.6. The van der Waals surface area contributed by atoms with E-state index >= 15 is 0 Å². The van der Waals surface area contributed by atoms with Gasteiger partial charge in [-0.25, -0.2) is 4.79 Å². The second kappa shape index (κ2) is 11.4. The van der Waals surface area contributed by atoms with Crippen molar-refractivity contribution < 1.29 is 24.2 Å². The number of nitrogens with zero attached hydrogens (tertiary/aromatic N) is 1. The SMILES string of the molecule is COCCOc1ccc(/C=C/CC(NC(=O)c2c(Cl)cncc2Cl)C(=O)O)cc1. The Morgan fingerprint density at radius 1 is 1.17 bits per heavy atom. The maximum atomic E-state index is 12.4. The predicted octanol–water partition coefficient (Wildman–Crippen LogP) is 3.70. The zero-order chi connectivity index (χ0) is 21.2. The van der Waals surface area contributed by atoms with E-state index in [1.54, 1.807) is 31.4 Å². The summed E-state index contributed by atoms with van der Waals surface area (Å²) in [5.41, 5.74) is 0.849. The molecule has 2 aromatic rings. The predicted molar refractivity (Wildman–Crippen MR) is 111 cm³/mol. The molecule has 0 aliphatic carbocycles. The summed E-state index contributed by atoms with van der Waals surface area (Å²) in [7, 11) is 1.60. The summed E-state index contributed by atoms with van der Waals surface area (Å²) in [6, 6.07) is 6.14. The van der Waals surface area contributed by atoms with Gasteiger partial charge in [-0.15, -0.1) is 0 Å². The van der Waals surface area contributed by atoms with E-state index in [1.165, 1.54) is 12.4 Å². The van der Waals surface area contributed by atoms with Crippen LogP contribution < -0.4 is 10.1 Å². The van der Waals surface area contributed by atoms with Crippen molar-refractivity contribution in [2.45, 2.75) is 12.5 Å². The number of methoxy groups -OCH3 is 1. The lowest BCUT2D eigenvalue weighted by Gasteiger charge is -2.14. The number of ether oxygens (including phenoxy) is 2. The van der Waals surface area contributed by atoms with Crippen molar-refractivity contribution in [3.05, 3.63) is 63.9 Å². The molecule has 0 aliphatic rings. The molecule has 1 atom stereocenters. The summed E-state index contributed by atoms with van der Waals surface area (Å²) in [6.07, 6.45) is 6.03. The van der Waals surface area contributed by atoms with Gasteiger partial charge < -0.3 is 19.9 Å². The first-order chi connectivity index (χ1) is 13.9. The van der Waals surface area contributed by atoms with Gasteiger partial charge in [0.15, 0.2) is 0 Å². The van der Waals surface area contributed by atoms with Crippen LogP contribution in [-0.2, 0) is 9.53 Å². The van der Waals surface area contributed by atoms with Crippen LogP contribution in [-0.4, -0.2) is 48.3 Å². The smallest absolute Gasteiger partial charge is 0.326 e. The van der Waals surface area contributed by atoms with Crippen LogP contribution in [0.1, 0.15) is 22.3 Å². The van der Waals surface area contributed by atoms with Crippen LogP contribution in [0.2, 0.25) is 10.0 Å². The van der Waals surface area contributed by atoms with Crippen LogP contribution in [0.15, 0.2) is 42.7 Å². The Labute approximate surface area is 178 Å². The normalized spacial score (nSPS) is 12.0. The molecule has 7 nitrogen and oxygen atoms in total. The molecule has 154 valence electrons. The Morgan fingerprint density at radius 3 is 2.41 bits per heavy atom. The van der Waals surface area contributed by atoms with Crippen molar-refractivity contribution >= 4 is 41.2 Å². The van der Waals surface area contributed by atoms with Gasteiger partial charge in [0.05, 0.1) is 22.2 Å². The Bertz CT molecular complexity index is 851. The highest BCUT2D eigenvalue weighted by Gasteiger charge is 2.22. The van der Waals surface area contributed by atoms with E-state index in [0.29, 0.717) is 19.0 Å². The summed E-state index contributed by atoms with van der Waals surface area (Å²) >= 11 is 11.9. The molecule has 1 aromatic heterocycles. The number of aromatic nitrogens is 1. The molecular formula is C20H20Cl2N2O5. The maximum absolute atomic E-state index is 12.4. The monoisotopic (exact) mass is 438 g/mol. The zero-order valence-corrected chi connectivity index (χ0v) is 17.1. The van der Waals surface area contributed by atoms with Crippen molar-refractivity contribution in [3.8, 4) is 5.75 Å². The Hall–Kier alpha value is -2.61. The van der Waals surface area contributed by atoms with Crippen molar-refractivity contribution in [2.75, 3.05) is 20.3 Å². The number of hydrogen-bond acceptors (Lipinski definition) is 5. The molecule has 0 aliphatic heterocycles. The van der Waals surface area contributed by atoms with Gasteiger partial charge >= 0.3 is 5.97 Å². The fourth-order valence-electron chi connectivity index (χ4n) is 2.34. The van der Waals surface area contributed by atoms with Crippen molar-refractivity contribution in [1.29, 1.82) is 0 Å². The highest BCUT2D eigenvalue weighted by atomic mass is 35.5. The number of amides is 1. The van der Waals surface area contributed by atoms with Crippen LogP contribution >= 0.6 is 23.2 Å². The molecule has 1 aromatic carbocycles. The molecule has 2 N–H and O–H groups in total. The van der Waals surface area contributed by atoms with Crippen LogP contribution in [0.25, 0.3) is 6.08 Å². The number of halogens is 2. The number of aliphatic carboxylic acids is 1. The first kappa shape index (κ1) is 22.7. The van der Waals surface area contributed by atoms with Crippen LogP contribution in [0.4, 0.5) is 0 Å². The molecule has 0 spiro atoms. The number of nitrogens with one attached hydrogen (secondary N) is 1. The number of pyridine rings is 1. The van der Waals surface area contributed by atoms with Gasteiger partial charge in [-0.05, 0) is 24.1 Å². The lowest BCUT2D eigenvalue weighted by atomic mass is 10.1. The topological polar surface area (TPSA) is 97.8 Å². The molecule has 29 heavy (non-hydrogen) atoms. The molecule has 0 fully saturated rings. The summed E-state index contributed by atoms with van der Waals surface area (Å²) in [4.78, 5) is 27.6. The standard InChI is InChI=1S/C20H20Cl2N2O5/c1-28-9-10-29-14-7-5-13(6-8-14)3-2-4-17(20(26)27)24-19(25)18-15(21)11-23-12-16(18)22/h2-3,5-8,11-12,17H,4,9-10H2,1H3,(H,24,25)(H,26,27)/b3-2+. The number of rotatable bonds is 10. The maximum Gasteiger partial charge on any atom is 0.326 e. The fourth-order valence-corrected chi connectivity index (χ4v) is 2.87. The number of carboxylic acids is 1. The van der Waals surface area contributed by atoms with E-state index in [2.05, 4.69) is 10.3 Å². The van der Waals surface area contributed by atoms with E-state index in [0.717, 1.165) is 5.56 Å². The Kier molecular flexibility index (Phi) is 8.92. The number of hydrogen-bond donors (Lipinski definition) is 2. The molecule has 1 amide bonds. The molecule has 0 bridgehead atoms. The minimum Gasteiger partial charge on any atom is -0.491 e. The van der Waals surface area contributed by atoms with E-state index in [-0.39, 0.29) is 22.0 Å². The van der Waals surface area contributed by atoms with Crippen LogP contribution in [0, 0.1) is 0 Å². The van der Waals surface area contributed by atoms with Gasteiger partial charge in [0, 0.05) is 19.5 Å². The third kappa shape index (κ3) is 7.05. The molecule has 2 rings (SSSR count). The van der Waals surface area contributed by atoms with Crippen molar-refractivity contribution in [1.82, 2.24) is 10.3 Å². The summed E-state index contributed by atoms with van der Waals surface area (Å²) in [5, 5.41) is 11.9. The number of carbonyl (C=O) groups is 2. The average molecular weight is 439 g/mol. The molecule has 0 saturated carbocycles. The van der Waals surface area contributed by atoms with E-state index in [1.807, 2.05) is 12.1 Å². The minimum atomic E-state index is -1.17. The van der Waals surface area contributed by atoms with Gasteiger partial charge in [-0.3, -0.25) is 9.78 Å².